The molecule has 84 valence electrons. The van der Waals surface area contributed by atoms with Crippen LogP contribution in [0.5, 0.6) is 0 Å². The minimum absolute atomic E-state index is 0.150. The standard InChI is InChI=1S/C10H15F2N3/c1-7-8(3-15(2)14-7)9(6-13)4-10(11,12)5-9/h3H,4-6,13H2,1-2H3. The van der Waals surface area contributed by atoms with E-state index in [1.807, 2.05) is 6.92 Å². The second-order valence-electron chi connectivity index (χ2n) is 4.50. The van der Waals surface area contributed by atoms with E-state index in [1.54, 1.807) is 17.9 Å². The van der Waals surface area contributed by atoms with Gasteiger partial charge in [0, 0.05) is 43.6 Å². The van der Waals surface area contributed by atoms with Crippen molar-refractivity contribution in [1.29, 1.82) is 0 Å². The minimum atomic E-state index is -2.55. The van der Waals surface area contributed by atoms with Crippen LogP contribution in [0, 0.1) is 6.92 Å². The van der Waals surface area contributed by atoms with Gasteiger partial charge in [-0.2, -0.15) is 5.10 Å². The summed E-state index contributed by atoms with van der Waals surface area (Å²) in [5.74, 6) is -2.55. The van der Waals surface area contributed by atoms with Gasteiger partial charge in [-0.05, 0) is 6.92 Å². The highest BCUT2D eigenvalue weighted by molar-refractivity contribution is 5.32. The quantitative estimate of drug-likeness (QED) is 0.809. The molecule has 1 aliphatic rings. The summed E-state index contributed by atoms with van der Waals surface area (Å²) in [5.41, 5.74) is 6.75. The van der Waals surface area contributed by atoms with E-state index >= 15 is 0 Å². The molecule has 0 unspecified atom stereocenters. The first kappa shape index (κ1) is 10.5. The van der Waals surface area contributed by atoms with Crippen molar-refractivity contribution in [1.82, 2.24) is 9.78 Å². The number of rotatable bonds is 2. The predicted octanol–water partition coefficient (Wildman–Crippen LogP) is 1.35. The van der Waals surface area contributed by atoms with Crippen LogP contribution in [0.15, 0.2) is 6.20 Å². The maximum Gasteiger partial charge on any atom is 0.250 e. The number of aromatic nitrogens is 2. The normalized spacial score (nSPS) is 22.5. The predicted molar refractivity (Wildman–Crippen MR) is 52.9 cm³/mol. The summed E-state index contributed by atoms with van der Waals surface area (Å²) < 4.78 is 27.6. The van der Waals surface area contributed by atoms with Gasteiger partial charge in [-0.25, -0.2) is 8.78 Å². The highest BCUT2D eigenvalue weighted by atomic mass is 19.3. The van der Waals surface area contributed by atoms with Gasteiger partial charge < -0.3 is 5.73 Å². The molecule has 2 rings (SSSR count). The molecule has 0 atom stereocenters. The van der Waals surface area contributed by atoms with Crippen molar-refractivity contribution in [3.63, 3.8) is 0 Å². The highest BCUT2D eigenvalue weighted by Crippen LogP contribution is 2.53. The second-order valence-corrected chi connectivity index (χ2v) is 4.50. The molecule has 0 amide bonds. The largest absolute Gasteiger partial charge is 0.330 e. The number of hydrogen-bond donors (Lipinski definition) is 1. The summed E-state index contributed by atoms with van der Waals surface area (Å²) in [4.78, 5) is 0. The summed E-state index contributed by atoms with van der Waals surface area (Å²) in [7, 11) is 1.79. The first-order valence-electron chi connectivity index (χ1n) is 4.97. The molecule has 1 saturated carbocycles. The summed E-state index contributed by atoms with van der Waals surface area (Å²) in [6.45, 7) is 2.10. The molecule has 1 aromatic heterocycles. The molecule has 3 nitrogen and oxygen atoms in total. The topological polar surface area (TPSA) is 43.8 Å². The molecule has 5 heteroatoms. The van der Waals surface area contributed by atoms with Gasteiger partial charge in [-0.15, -0.1) is 0 Å². The lowest BCUT2D eigenvalue weighted by Crippen LogP contribution is -2.53. The number of hydrogen-bond acceptors (Lipinski definition) is 2. The van der Waals surface area contributed by atoms with Crippen LogP contribution in [0.3, 0.4) is 0 Å². The number of nitrogens with two attached hydrogens (primary N) is 1. The van der Waals surface area contributed by atoms with Crippen molar-refractivity contribution in [2.45, 2.75) is 31.1 Å². The van der Waals surface area contributed by atoms with E-state index in [9.17, 15) is 8.78 Å². The second kappa shape index (κ2) is 3.01. The summed E-state index contributed by atoms with van der Waals surface area (Å²) in [6.07, 6.45) is 1.50. The lowest BCUT2D eigenvalue weighted by Gasteiger charge is -2.46. The van der Waals surface area contributed by atoms with Gasteiger partial charge in [-0.1, -0.05) is 0 Å². The molecule has 15 heavy (non-hydrogen) atoms. The Kier molecular flexibility index (Phi) is 2.12. The number of aryl methyl sites for hydroxylation is 2. The summed E-state index contributed by atoms with van der Waals surface area (Å²) >= 11 is 0. The SMILES string of the molecule is Cc1nn(C)cc1C1(CN)CC(F)(F)C1. The average Bonchev–Trinajstić information content (AvgIpc) is 2.40. The molecule has 0 spiro atoms. The first-order chi connectivity index (χ1) is 6.88. The molecule has 0 bridgehead atoms. The number of halogens is 2. The van der Waals surface area contributed by atoms with Gasteiger partial charge in [0.2, 0.25) is 5.92 Å². The van der Waals surface area contributed by atoms with Crippen molar-refractivity contribution < 1.29 is 8.78 Å². The van der Waals surface area contributed by atoms with Gasteiger partial charge in [0.25, 0.3) is 0 Å². The molecule has 0 aromatic carbocycles. The highest BCUT2D eigenvalue weighted by Gasteiger charge is 2.57. The van der Waals surface area contributed by atoms with Crippen LogP contribution >= 0.6 is 0 Å². The van der Waals surface area contributed by atoms with E-state index in [2.05, 4.69) is 5.10 Å². The molecule has 1 fully saturated rings. The van der Waals surface area contributed by atoms with Gasteiger partial charge in [-0.3, -0.25) is 4.68 Å². The monoisotopic (exact) mass is 215 g/mol. The number of nitrogens with zero attached hydrogens (tertiary/aromatic N) is 2. The molecule has 0 aliphatic heterocycles. The lowest BCUT2D eigenvalue weighted by molar-refractivity contribution is -0.123. The van der Waals surface area contributed by atoms with E-state index < -0.39 is 11.3 Å². The molecule has 0 saturated heterocycles. The van der Waals surface area contributed by atoms with E-state index in [4.69, 9.17) is 5.73 Å². The third kappa shape index (κ3) is 1.55. The fraction of sp³-hybridized carbons (Fsp3) is 0.700. The fourth-order valence-corrected chi connectivity index (χ4v) is 2.50. The summed E-state index contributed by atoms with van der Waals surface area (Å²) in [6, 6.07) is 0. The van der Waals surface area contributed by atoms with Crippen molar-refractivity contribution in [2.24, 2.45) is 12.8 Å². The zero-order chi connectivity index (χ0) is 11.3. The van der Waals surface area contributed by atoms with E-state index in [0.717, 1.165) is 11.3 Å². The molecule has 1 aliphatic carbocycles. The first-order valence-corrected chi connectivity index (χ1v) is 4.97. The molecule has 0 radical (unpaired) electrons. The Balaban J connectivity index is 2.33. The third-order valence-electron chi connectivity index (χ3n) is 3.17. The van der Waals surface area contributed by atoms with Gasteiger partial charge in [0.05, 0.1) is 5.69 Å². The maximum absolute atomic E-state index is 13.0. The maximum atomic E-state index is 13.0. The summed E-state index contributed by atoms with van der Waals surface area (Å²) in [5, 5.41) is 4.17. The van der Waals surface area contributed by atoms with Crippen LogP contribution in [0.25, 0.3) is 0 Å². The molecule has 1 heterocycles. The van der Waals surface area contributed by atoms with Crippen LogP contribution < -0.4 is 5.73 Å². The molecule has 2 N–H and O–H groups in total. The Morgan fingerprint density at radius 2 is 2.13 bits per heavy atom. The molecular formula is C10H15F2N3. The Bertz CT molecular complexity index is 376. The van der Waals surface area contributed by atoms with Crippen LogP contribution in [0.2, 0.25) is 0 Å². The van der Waals surface area contributed by atoms with E-state index in [-0.39, 0.29) is 19.4 Å². The lowest BCUT2D eigenvalue weighted by atomic mass is 9.62. The van der Waals surface area contributed by atoms with Crippen LogP contribution in [0.1, 0.15) is 24.1 Å². The Morgan fingerprint density at radius 1 is 1.53 bits per heavy atom. The van der Waals surface area contributed by atoms with Crippen LogP contribution in [-0.2, 0) is 12.5 Å². The van der Waals surface area contributed by atoms with Crippen LogP contribution in [-0.4, -0.2) is 22.2 Å². The van der Waals surface area contributed by atoms with Crippen molar-refractivity contribution in [2.75, 3.05) is 6.54 Å². The van der Waals surface area contributed by atoms with Crippen LogP contribution in [0.4, 0.5) is 8.78 Å². The van der Waals surface area contributed by atoms with Crippen molar-refractivity contribution in [3.05, 3.63) is 17.5 Å². The Labute approximate surface area is 87.3 Å². The van der Waals surface area contributed by atoms with Gasteiger partial charge in [0.15, 0.2) is 0 Å². The number of alkyl halides is 2. The smallest absolute Gasteiger partial charge is 0.250 e. The van der Waals surface area contributed by atoms with Crippen molar-refractivity contribution >= 4 is 0 Å². The van der Waals surface area contributed by atoms with Crippen molar-refractivity contribution in [3.8, 4) is 0 Å². The minimum Gasteiger partial charge on any atom is -0.330 e. The van der Waals surface area contributed by atoms with Gasteiger partial charge in [0.1, 0.15) is 0 Å². The Hall–Kier alpha value is -0.970. The zero-order valence-electron chi connectivity index (χ0n) is 8.93. The van der Waals surface area contributed by atoms with Gasteiger partial charge >= 0.3 is 0 Å². The third-order valence-corrected chi connectivity index (χ3v) is 3.17. The molecule has 1 aromatic rings. The molecular weight excluding hydrogens is 200 g/mol. The average molecular weight is 215 g/mol. The Morgan fingerprint density at radius 3 is 2.47 bits per heavy atom. The fourth-order valence-electron chi connectivity index (χ4n) is 2.50. The zero-order valence-corrected chi connectivity index (χ0v) is 8.93. The van der Waals surface area contributed by atoms with E-state index in [0.29, 0.717) is 0 Å². The van der Waals surface area contributed by atoms with E-state index in [1.165, 1.54) is 0 Å².